The summed E-state index contributed by atoms with van der Waals surface area (Å²) in [6.07, 6.45) is 6.06. The van der Waals surface area contributed by atoms with E-state index in [9.17, 15) is 0 Å². The Hall–Kier alpha value is -0.900. The number of aromatic nitrogens is 3. The van der Waals surface area contributed by atoms with Crippen LogP contribution in [0.25, 0.3) is 0 Å². The van der Waals surface area contributed by atoms with Crippen LogP contribution in [0, 0.1) is 5.92 Å². The third-order valence-electron chi connectivity index (χ3n) is 4.23. The molecule has 2 heterocycles. The van der Waals surface area contributed by atoms with Crippen molar-refractivity contribution in [3.05, 3.63) is 11.6 Å². The zero-order valence-electron chi connectivity index (χ0n) is 12.8. The van der Waals surface area contributed by atoms with Crippen molar-refractivity contribution in [2.45, 2.75) is 78.4 Å². The normalized spacial score (nSPS) is 19.0. The van der Waals surface area contributed by atoms with E-state index in [4.69, 9.17) is 0 Å². The van der Waals surface area contributed by atoms with Gasteiger partial charge in [0.2, 0.25) is 0 Å². The molecule has 0 bridgehead atoms. The maximum absolute atomic E-state index is 4.44. The summed E-state index contributed by atoms with van der Waals surface area (Å²) in [4.78, 5) is 0. The van der Waals surface area contributed by atoms with Crippen LogP contribution in [0.3, 0.4) is 0 Å². The summed E-state index contributed by atoms with van der Waals surface area (Å²) in [7, 11) is 0. The van der Waals surface area contributed by atoms with Gasteiger partial charge >= 0.3 is 0 Å². The van der Waals surface area contributed by atoms with Crippen molar-refractivity contribution in [3.63, 3.8) is 0 Å². The molecule has 19 heavy (non-hydrogen) atoms. The van der Waals surface area contributed by atoms with Crippen molar-refractivity contribution in [1.82, 2.24) is 20.1 Å². The molecule has 4 heteroatoms. The van der Waals surface area contributed by atoms with Crippen molar-refractivity contribution < 1.29 is 0 Å². The largest absolute Gasteiger partial charge is 0.314 e. The first kappa shape index (κ1) is 14.5. The van der Waals surface area contributed by atoms with Crippen LogP contribution in [-0.2, 0) is 13.0 Å². The van der Waals surface area contributed by atoms with Crippen LogP contribution < -0.4 is 5.32 Å². The van der Waals surface area contributed by atoms with Gasteiger partial charge in [-0.25, -0.2) is 0 Å². The molecule has 1 aliphatic rings. The van der Waals surface area contributed by atoms with Crippen molar-refractivity contribution in [1.29, 1.82) is 0 Å². The Morgan fingerprint density at radius 2 is 1.95 bits per heavy atom. The Morgan fingerprint density at radius 1 is 1.16 bits per heavy atom. The van der Waals surface area contributed by atoms with Crippen molar-refractivity contribution in [2.75, 3.05) is 0 Å². The Morgan fingerprint density at radius 3 is 2.63 bits per heavy atom. The highest BCUT2D eigenvalue weighted by molar-refractivity contribution is 5.02. The minimum atomic E-state index is 0.284. The lowest BCUT2D eigenvalue weighted by atomic mass is 10.0. The van der Waals surface area contributed by atoms with E-state index in [1.807, 2.05) is 0 Å². The summed E-state index contributed by atoms with van der Waals surface area (Å²) in [5, 5.41) is 12.5. The average molecular weight is 264 g/mol. The van der Waals surface area contributed by atoms with Gasteiger partial charge in [-0.05, 0) is 32.1 Å². The van der Waals surface area contributed by atoms with E-state index >= 15 is 0 Å². The fraction of sp³-hybridized carbons (Fsp3) is 0.867. The highest BCUT2D eigenvalue weighted by Crippen LogP contribution is 2.20. The molecule has 1 N–H and O–H groups in total. The van der Waals surface area contributed by atoms with Gasteiger partial charge in [-0.15, -0.1) is 10.2 Å². The molecular weight excluding hydrogens is 236 g/mol. The molecule has 0 aromatic carbocycles. The van der Waals surface area contributed by atoms with Crippen LogP contribution in [0.15, 0.2) is 0 Å². The molecule has 2 rings (SSSR count). The van der Waals surface area contributed by atoms with Gasteiger partial charge in [-0.3, -0.25) is 0 Å². The van der Waals surface area contributed by atoms with Crippen LogP contribution in [-0.4, -0.2) is 20.8 Å². The quantitative estimate of drug-likeness (QED) is 0.888. The summed E-state index contributed by atoms with van der Waals surface area (Å²) in [5.41, 5.74) is 0. The second-order valence-corrected chi connectivity index (χ2v) is 6.08. The monoisotopic (exact) mass is 264 g/mol. The number of nitrogens with zero attached hydrogens (tertiary/aromatic N) is 3. The standard InChI is InChI=1S/C15H28N4/c1-5-13(11(2)3)16-12(4)15-18-17-14-9-7-6-8-10-19(14)15/h11-13,16H,5-10H2,1-4H3. The molecule has 4 nitrogen and oxygen atoms in total. The zero-order chi connectivity index (χ0) is 13.8. The van der Waals surface area contributed by atoms with Crippen molar-refractivity contribution in [3.8, 4) is 0 Å². The molecule has 0 saturated heterocycles. The first-order chi connectivity index (χ1) is 9.13. The van der Waals surface area contributed by atoms with Crippen LogP contribution in [0.5, 0.6) is 0 Å². The number of fused-ring (bicyclic) bond motifs is 1. The maximum atomic E-state index is 4.44. The van der Waals surface area contributed by atoms with Crippen molar-refractivity contribution >= 4 is 0 Å². The number of hydrogen-bond donors (Lipinski definition) is 1. The minimum absolute atomic E-state index is 0.284. The van der Waals surface area contributed by atoms with Crippen molar-refractivity contribution in [2.24, 2.45) is 5.92 Å². The molecule has 2 atom stereocenters. The Bertz CT molecular complexity index is 397. The van der Waals surface area contributed by atoms with Gasteiger partial charge in [0.1, 0.15) is 11.6 Å². The van der Waals surface area contributed by atoms with Gasteiger partial charge in [-0.2, -0.15) is 0 Å². The summed E-state index contributed by atoms with van der Waals surface area (Å²) < 4.78 is 2.34. The smallest absolute Gasteiger partial charge is 0.149 e. The summed E-state index contributed by atoms with van der Waals surface area (Å²) in [6, 6.07) is 0.834. The Kier molecular flexibility index (Phi) is 4.97. The SMILES string of the molecule is CCC(NC(C)c1nnc2n1CCCCC2)C(C)C. The van der Waals surface area contributed by atoms with E-state index in [0.29, 0.717) is 12.0 Å². The van der Waals surface area contributed by atoms with E-state index < -0.39 is 0 Å². The van der Waals surface area contributed by atoms with E-state index in [0.717, 1.165) is 25.2 Å². The van der Waals surface area contributed by atoms with E-state index in [1.54, 1.807) is 0 Å². The van der Waals surface area contributed by atoms with Gasteiger partial charge in [0.25, 0.3) is 0 Å². The first-order valence-corrected chi connectivity index (χ1v) is 7.81. The molecule has 0 saturated carbocycles. The lowest BCUT2D eigenvalue weighted by Crippen LogP contribution is -2.36. The average Bonchev–Trinajstić information content (AvgIpc) is 2.64. The lowest BCUT2D eigenvalue weighted by molar-refractivity contribution is 0.343. The predicted molar refractivity (Wildman–Crippen MR) is 78.0 cm³/mol. The highest BCUT2D eigenvalue weighted by atomic mass is 15.3. The summed E-state index contributed by atoms with van der Waals surface area (Å²) in [6.45, 7) is 10.1. The number of nitrogens with one attached hydrogen (secondary N) is 1. The van der Waals surface area contributed by atoms with Gasteiger partial charge in [-0.1, -0.05) is 27.2 Å². The molecule has 0 fully saturated rings. The van der Waals surface area contributed by atoms with Crippen LogP contribution in [0.4, 0.5) is 0 Å². The number of hydrogen-bond acceptors (Lipinski definition) is 3. The highest BCUT2D eigenvalue weighted by Gasteiger charge is 2.21. The summed E-state index contributed by atoms with van der Waals surface area (Å²) in [5.74, 6) is 2.95. The number of aryl methyl sites for hydroxylation is 1. The minimum Gasteiger partial charge on any atom is -0.314 e. The molecule has 1 aliphatic heterocycles. The van der Waals surface area contributed by atoms with Crippen LogP contribution in [0.2, 0.25) is 0 Å². The Labute approximate surface area is 117 Å². The fourth-order valence-electron chi connectivity index (χ4n) is 3.01. The molecule has 1 aromatic rings. The Balaban J connectivity index is 2.11. The fourth-order valence-corrected chi connectivity index (χ4v) is 3.01. The van der Waals surface area contributed by atoms with Gasteiger partial charge in [0.15, 0.2) is 0 Å². The molecule has 0 spiro atoms. The molecule has 2 unspecified atom stereocenters. The zero-order valence-corrected chi connectivity index (χ0v) is 12.8. The molecular formula is C15H28N4. The second kappa shape index (κ2) is 6.51. The van der Waals surface area contributed by atoms with E-state index in [2.05, 4.69) is 47.8 Å². The van der Waals surface area contributed by atoms with Gasteiger partial charge in [0, 0.05) is 19.0 Å². The molecule has 0 aliphatic carbocycles. The third kappa shape index (κ3) is 3.35. The first-order valence-electron chi connectivity index (χ1n) is 7.81. The van der Waals surface area contributed by atoms with Crippen LogP contribution in [0.1, 0.15) is 71.1 Å². The third-order valence-corrected chi connectivity index (χ3v) is 4.23. The van der Waals surface area contributed by atoms with Gasteiger partial charge in [0.05, 0.1) is 6.04 Å². The van der Waals surface area contributed by atoms with E-state index in [-0.39, 0.29) is 6.04 Å². The summed E-state index contributed by atoms with van der Waals surface area (Å²) >= 11 is 0. The second-order valence-electron chi connectivity index (χ2n) is 6.08. The molecule has 0 amide bonds. The molecule has 108 valence electrons. The van der Waals surface area contributed by atoms with E-state index in [1.165, 1.54) is 25.1 Å². The van der Waals surface area contributed by atoms with Gasteiger partial charge < -0.3 is 9.88 Å². The topological polar surface area (TPSA) is 42.7 Å². The lowest BCUT2D eigenvalue weighted by Gasteiger charge is -2.25. The molecule has 0 radical (unpaired) electrons. The molecule has 1 aromatic heterocycles. The number of rotatable bonds is 5. The predicted octanol–water partition coefficient (Wildman–Crippen LogP) is 3.09. The van der Waals surface area contributed by atoms with Crippen LogP contribution >= 0.6 is 0 Å². The maximum Gasteiger partial charge on any atom is 0.149 e.